The van der Waals surface area contributed by atoms with Crippen molar-refractivity contribution < 1.29 is 24.2 Å². The second-order valence-electron chi connectivity index (χ2n) is 5.82. The van der Waals surface area contributed by atoms with Gasteiger partial charge >= 0.3 is 11.9 Å². The molecule has 0 fully saturated rings. The minimum Gasteiger partial charge on any atom is -0.510 e. The first-order valence-electron chi connectivity index (χ1n) is 8.79. The van der Waals surface area contributed by atoms with Crippen molar-refractivity contribution >= 4 is 28.3 Å². The molecule has 0 atom stereocenters. The van der Waals surface area contributed by atoms with Crippen LogP contribution in [0.1, 0.15) is 60.8 Å². The number of hydrogen-bond donors (Lipinski definition) is 1. The van der Waals surface area contributed by atoms with Crippen LogP contribution >= 0.6 is 11.3 Å². The number of ether oxygens (including phenoxy) is 2. The van der Waals surface area contributed by atoms with Gasteiger partial charge in [-0.05, 0) is 52.0 Å². The fourth-order valence-corrected chi connectivity index (χ4v) is 3.97. The lowest BCUT2D eigenvalue weighted by molar-refractivity contribution is -0.138. The first kappa shape index (κ1) is 20.1. The van der Waals surface area contributed by atoms with Crippen LogP contribution in [0.5, 0.6) is 0 Å². The van der Waals surface area contributed by atoms with Crippen LogP contribution in [-0.4, -0.2) is 30.3 Å². The Balaban J connectivity index is 2.43. The quantitative estimate of drug-likeness (QED) is 0.255. The predicted molar refractivity (Wildman–Crippen MR) is 98.0 cm³/mol. The van der Waals surface area contributed by atoms with Gasteiger partial charge < -0.3 is 14.6 Å². The minimum atomic E-state index is -0.757. The molecule has 142 valence electrons. The van der Waals surface area contributed by atoms with Crippen molar-refractivity contribution in [2.45, 2.75) is 52.9 Å². The van der Waals surface area contributed by atoms with Crippen LogP contribution in [0.25, 0.3) is 0 Å². The molecule has 0 radical (unpaired) electrons. The molecule has 0 bridgehead atoms. The molecular weight excluding hydrogens is 356 g/mol. The van der Waals surface area contributed by atoms with Gasteiger partial charge in [0, 0.05) is 4.88 Å². The van der Waals surface area contributed by atoms with E-state index in [4.69, 9.17) is 9.47 Å². The third kappa shape index (κ3) is 4.69. The summed E-state index contributed by atoms with van der Waals surface area (Å²) >= 11 is 1.39. The smallest absolute Gasteiger partial charge is 0.362 e. The predicted octanol–water partition coefficient (Wildman–Crippen LogP) is 4.63. The Morgan fingerprint density at radius 3 is 2.46 bits per heavy atom. The second kappa shape index (κ2) is 9.47. The van der Waals surface area contributed by atoms with Crippen LogP contribution in [0.4, 0.5) is 5.00 Å². The minimum absolute atomic E-state index is 0.159. The maximum absolute atomic E-state index is 12.5. The van der Waals surface area contributed by atoms with Gasteiger partial charge in [0.05, 0.1) is 13.2 Å². The molecule has 26 heavy (non-hydrogen) atoms. The molecule has 0 amide bonds. The Morgan fingerprint density at radius 2 is 1.81 bits per heavy atom. The molecule has 2 rings (SSSR count). The maximum Gasteiger partial charge on any atom is 0.362 e. The van der Waals surface area contributed by atoms with E-state index < -0.39 is 11.9 Å². The molecule has 0 saturated heterocycles. The van der Waals surface area contributed by atoms with E-state index in [-0.39, 0.29) is 24.7 Å². The van der Waals surface area contributed by atoms with Crippen LogP contribution in [0.2, 0.25) is 0 Å². The summed E-state index contributed by atoms with van der Waals surface area (Å²) in [6.45, 7) is 5.17. The largest absolute Gasteiger partial charge is 0.510 e. The first-order valence-corrected chi connectivity index (χ1v) is 9.61. The van der Waals surface area contributed by atoms with Gasteiger partial charge in [0.2, 0.25) is 5.70 Å². The van der Waals surface area contributed by atoms with E-state index in [1.807, 2.05) is 0 Å². The summed E-state index contributed by atoms with van der Waals surface area (Å²) < 4.78 is 10.1. The van der Waals surface area contributed by atoms with Gasteiger partial charge in [-0.15, -0.1) is 21.6 Å². The van der Waals surface area contributed by atoms with Crippen molar-refractivity contribution in [3.63, 3.8) is 0 Å². The monoisotopic (exact) mass is 380 g/mol. The first-order chi connectivity index (χ1) is 12.5. The van der Waals surface area contributed by atoms with Gasteiger partial charge in [0.15, 0.2) is 5.00 Å². The lowest BCUT2D eigenvalue weighted by Gasteiger charge is -2.05. The van der Waals surface area contributed by atoms with E-state index in [1.165, 1.54) is 18.3 Å². The van der Waals surface area contributed by atoms with Crippen LogP contribution in [0.15, 0.2) is 21.7 Å². The third-order valence-corrected chi connectivity index (χ3v) is 5.11. The van der Waals surface area contributed by atoms with E-state index in [9.17, 15) is 14.7 Å². The Morgan fingerprint density at radius 1 is 1.12 bits per heavy atom. The van der Waals surface area contributed by atoms with Gasteiger partial charge in [-0.2, -0.15) is 0 Å². The van der Waals surface area contributed by atoms with Crippen molar-refractivity contribution in [2.75, 3.05) is 13.2 Å². The number of esters is 2. The highest BCUT2D eigenvalue weighted by molar-refractivity contribution is 7.16. The average molecular weight is 380 g/mol. The van der Waals surface area contributed by atoms with Crippen LogP contribution in [0, 0.1) is 0 Å². The maximum atomic E-state index is 12.5. The summed E-state index contributed by atoms with van der Waals surface area (Å²) in [5.41, 5.74) is 1.13. The Labute approximate surface area is 156 Å². The Hall–Kier alpha value is -2.22. The summed E-state index contributed by atoms with van der Waals surface area (Å²) in [6.07, 6.45) is 4.89. The van der Waals surface area contributed by atoms with Gasteiger partial charge in [-0.3, -0.25) is 0 Å². The Bertz CT molecular complexity index is 732. The number of aliphatic hydroxyl groups is 1. The van der Waals surface area contributed by atoms with E-state index in [0.29, 0.717) is 10.6 Å². The fourth-order valence-electron chi connectivity index (χ4n) is 2.77. The SMILES string of the molecule is CCOC(=O)/C(N=Nc1sc2c(c1C(=O)OCC)CCCCC2)=C(\C)O. The number of azo groups is 1. The van der Waals surface area contributed by atoms with E-state index in [1.54, 1.807) is 13.8 Å². The molecule has 1 aliphatic rings. The van der Waals surface area contributed by atoms with Gasteiger partial charge in [0.25, 0.3) is 0 Å². The summed E-state index contributed by atoms with van der Waals surface area (Å²) in [5, 5.41) is 18.0. The molecular formula is C18H24N2O5S. The lowest BCUT2D eigenvalue weighted by atomic mass is 10.1. The highest BCUT2D eigenvalue weighted by atomic mass is 32.1. The van der Waals surface area contributed by atoms with Crippen LogP contribution in [0.3, 0.4) is 0 Å². The lowest BCUT2D eigenvalue weighted by Crippen LogP contribution is -2.08. The molecule has 1 N–H and O–H groups in total. The highest BCUT2D eigenvalue weighted by Gasteiger charge is 2.26. The fraction of sp³-hybridized carbons (Fsp3) is 0.556. The zero-order valence-electron chi connectivity index (χ0n) is 15.3. The van der Waals surface area contributed by atoms with Crippen molar-refractivity contribution in [1.29, 1.82) is 0 Å². The summed E-state index contributed by atoms with van der Waals surface area (Å²) in [5.74, 6) is -1.47. The number of hydrogen-bond acceptors (Lipinski definition) is 8. The highest BCUT2D eigenvalue weighted by Crippen LogP contribution is 2.40. The summed E-state index contributed by atoms with van der Waals surface area (Å²) in [7, 11) is 0. The van der Waals surface area contributed by atoms with E-state index in [2.05, 4.69) is 10.2 Å². The molecule has 0 aliphatic heterocycles. The Kier molecular flexibility index (Phi) is 7.32. The molecule has 1 aromatic heterocycles. The standard InChI is InChI=1S/C18H24N2O5S/c1-4-24-17(22)14-12-9-7-6-8-10-13(12)26-16(14)20-19-15(11(3)21)18(23)25-5-2/h21H,4-10H2,1-3H3/b15-11-,20-19?. The summed E-state index contributed by atoms with van der Waals surface area (Å²) in [6, 6.07) is 0. The molecule has 0 aromatic carbocycles. The van der Waals surface area contributed by atoms with Crippen molar-refractivity contribution in [2.24, 2.45) is 10.2 Å². The molecule has 1 aromatic rings. The molecule has 0 saturated carbocycles. The topological polar surface area (TPSA) is 97.6 Å². The van der Waals surface area contributed by atoms with Crippen LogP contribution < -0.4 is 0 Å². The number of aryl methyl sites for hydroxylation is 1. The number of fused-ring (bicyclic) bond motifs is 1. The molecule has 1 aliphatic carbocycles. The normalized spacial score (nSPS) is 15.2. The van der Waals surface area contributed by atoms with Crippen LogP contribution in [-0.2, 0) is 27.1 Å². The molecule has 8 heteroatoms. The molecule has 1 heterocycles. The number of rotatable bonds is 6. The number of nitrogens with zero attached hydrogens (tertiary/aromatic N) is 2. The van der Waals surface area contributed by atoms with E-state index in [0.717, 1.165) is 42.5 Å². The van der Waals surface area contributed by atoms with Crippen molar-refractivity contribution in [3.8, 4) is 0 Å². The van der Waals surface area contributed by atoms with Crippen molar-refractivity contribution in [3.05, 3.63) is 27.5 Å². The van der Waals surface area contributed by atoms with Gasteiger partial charge in [0.1, 0.15) is 11.3 Å². The summed E-state index contributed by atoms with van der Waals surface area (Å²) in [4.78, 5) is 25.5. The second-order valence-corrected chi connectivity index (χ2v) is 6.90. The van der Waals surface area contributed by atoms with Gasteiger partial charge in [-0.25, -0.2) is 9.59 Å². The van der Waals surface area contributed by atoms with Gasteiger partial charge in [-0.1, -0.05) is 6.42 Å². The number of allylic oxidation sites excluding steroid dienone is 1. The third-order valence-electron chi connectivity index (χ3n) is 3.93. The average Bonchev–Trinajstić information content (AvgIpc) is 2.77. The number of carbonyl (C=O) groups excluding carboxylic acids is 2. The zero-order chi connectivity index (χ0) is 19.1. The van der Waals surface area contributed by atoms with Crippen molar-refractivity contribution in [1.82, 2.24) is 0 Å². The molecule has 0 spiro atoms. The zero-order valence-corrected chi connectivity index (χ0v) is 16.1. The number of aliphatic hydroxyl groups excluding tert-OH is 1. The molecule has 7 nitrogen and oxygen atoms in total. The number of carbonyl (C=O) groups is 2. The molecule has 0 unspecified atom stereocenters. The number of thiophene rings is 1. The van der Waals surface area contributed by atoms with E-state index >= 15 is 0 Å².